The maximum absolute atomic E-state index is 12.8. The van der Waals surface area contributed by atoms with Gasteiger partial charge < -0.3 is 10.1 Å². The van der Waals surface area contributed by atoms with Crippen LogP contribution in [0.25, 0.3) is 0 Å². The van der Waals surface area contributed by atoms with Crippen molar-refractivity contribution in [2.75, 3.05) is 0 Å². The molecule has 0 aliphatic heterocycles. The first-order valence-corrected chi connectivity index (χ1v) is 9.19. The van der Waals surface area contributed by atoms with Gasteiger partial charge in [-0.05, 0) is 43.5 Å². The molecule has 3 rings (SSSR count). The molecule has 0 bridgehead atoms. The van der Waals surface area contributed by atoms with E-state index < -0.39 is 6.10 Å². The van der Waals surface area contributed by atoms with Crippen molar-refractivity contribution < 1.29 is 9.53 Å². The van der Waals surface area contributed by atoms with Gasteiger partial charge >= 0.3 is 0 Å². The summed E-state index contributed by atoms with van der Waals surface area (Å²) in [6, 6.07) is 25.7. The van der Waals surface area contributed by atoms with Crippen LogP contribution in [0.4, 0.5) is 0 Å². The largest absolute Gasteiger partial charge is 0.481 e. The summed E-state index contributed by atoms with van der Waals surface area (Å²) >= 11 is 0. The molecule has 0 aliphatic rings. The van der Waals surface area contributed by atoms with Gasteiger partial charge in [0.05, 0.1) is 6.04 Å². The molecule has 3 aromatic carbocycles. The van der Waals surface area contributed by atoms with Gasteiger partial charge in [-0.2, -0.15) is 0 Å². The molecule has 0 aliphatic carbocycles. The van der Waals surface area contributed by atoms with Gasteiger partial charge in [0.2, 0.25) is 0 Å². The van der Waals surface area contributed by atoms with Crippen LogP contribution in [0.5, 0.6) is 5.75 Å². The lowest BCUT2D eigenvalue weighted by Gasteiger charge is -2.23. The molecule has 0 saturated carbocycles. The number of ether oxygens (including phenoxy) is 1. The third kappa shape index (κ3) is 4.76. The normalized spacial score (nSPS) is 12.9. The summed E-state index contributed by atoms with van der Waals surface area (Å²) in [5, 5.41) is 3.14. The van der Waals surface area contributed by atoms with Crippen molar-refractivity contribution in [2.45, 2.75) is 32.9 Å². The fourth-order valence-electron chi connectivity index (χ4n) is 2.96. The molecule has 0 spiro atoms. The molecule has 0 radical (unpaired) electrons. The first kappa shape index (κ1) is 18.7. The maximum atomic E-state index is 12.8. The van der Waals surface area contributed by atoms with E-state index in [0.717, 1.165) is 22.4 Å². The van der Waals surface area contributed by atoms with Crippen molar-refractivity contribution >= 4 is 5.91 Å². The predicted octanol–water partition coefficient (Wildman–Crippen LogP) is 4.98. The molecule has 0 heterocycles. The minimum Gasteiger partial charge on any atom is -0.481 e. The quantitative estimate of drug-likeness (QED) is 0.674. The van der Waals surface area contributed by atoms with Crippen LogP contribution >= 0.6 is 0 Å². The molecule has 0 aromatic heterocycles. The Kier molecular flexibility index (Phi) is 5.92. The Hall–Kier alpha value is -3.07. The highest BCUT2D eigenvalue weighted by Crippen LogP contribution is 2.23. The van der Waals surface area contributed by atoms with Gasteiger partial charge in [-0.3, -0.25) is 4.79 Å². The van der Waals surface area contributed by atoms with E-state index in [1.807, 2.05) is 61.5 Å². The highest BCUT2D eigenvalue weighted by atomic mass is 16.5. The zero-order chi connectivity index (χ0) is 19.2. The van der Waals surface area contributed by atoms with Crippen LogP contribution in [-0.4, -0.2) is 12.0 Å². The Morgan fingerprint density at radius 3 is 2.07 bits per heavy atom. The van der Waals surface area contributed by atoms with E-state index in [0.29, 0.717) is 0 Å². The Labute approximate surface area is 161 Å². The van der Waals surface area contributed by atoms with Crippen molar-refractivity contribution in [3.63, 3.8) is 0 Å². The van der Waals surface area contributed by atoms with Crippen LogP contribution in [0.15, 0.2) is 78.9 Å². The molecule has 0 saturated heterocycles. The third-order valence-electron chi connectivity index (χ3n) is 4.60. The Morgan fingerprint density at radius 2 is 1.41 bits per heavy atom. The Bertz CT molecular complexity index is 888. The molecule has 27 heavy (non-hydrogen) atoms. The lowest BCUT2D eigenvalue weighted by Crippen LogP contribution is -2.39. The molecule has 0 unspecified atom stereocenters. The summed E-state index contributed by atoms with van der Waals surface area (Å²) in [4.78, 5) is 12.8. The average molecular weight is 359 g/mol. The predicted molar refractivity (Wildman–Crippen MR) is 109 cm³/mol. The standard InChI is InChI=1S/C24H25NO2/c1-17-13-15-21(16-14-17)23(20-10-5-4-6-11-20)25-24(26)19(3)27-22-12-8-7-9-18(22)2/h4-16,19,23H,1-3H3,(H,25,26)/t19-,23-/m0/s1. The smallest absolute Gasteiger partial charge is 0.261 e. The van der Waals surface area contributed by atoms with E-state index in [1.54, 1.807) is 6.92 Å². The van der Waals surface area contributed by atoms with E-state index >= 15 is 0 Å². The van der Waals surface area contributed by atoms with Crippen LogP contribution in [0.2, 0.25) is 0 Å². The third-order valence-corrected chi connectivity index (χ3v) is 4.60. The summed E-state index contributed by atoms with van der Waals surface area (Å²) in [7, 11) is 0. The first-order chi connectivity index (χ1) is 13.0. The summed E-state index contributed by atoms with van der Waals surface area (Å²) in [6.07, 6.45) is -0.595. The molecular formula is C24H25NO2. The topological polar surface area (TPSA) is 38.3 Å². The summed E-state index contributed by atoms with van der Waals surface area (Å²) in [5.41, 5.74) is 4.28. The van der Waals surface area contributed by atoms with Gasteiger partial charge in [-0.1, -0.05) is 78.4 Å². The van der Waals surface area contributed by atoms with Crippen molar-refractivity contribution in [3.05, 3.63) is 101 Å². The number of rotatable bonds is 6. The van der Waals surface area contributed by atoms with E-state index in [1.165, 1.54) is 5.56 Å². The number of benzene rings is 3. The monoisotopic (exact) mass is 359 g/mol. The number of hydrogen-bond acceptors (Lipinski definition) is 2. The second-order valence-electron chi connectivity index (χ2n) is 6.79. The minimum absolute atomic E-state index is 0.146. The zero-order valence-corrected chi connectivity index (χ0v) is 16.0. The first-order valence-electron chi connectivity index (χ1n) is 9.19. The molecule has 1 amide bonds. The zero-order valence-electron chi connectivity index (χ0n) is 16.0. The van der Waals surface area contributed by atoms with E-state index in [2.05, 4.69) is 36.5 Å². The molecule has 2 atom stereocenters. The number of amides is 1. The highest BCUT2D eigenvalue weighted by Gasteiger charge is 2.22. The molecule has 138 valence electrons. The second kappa shape index (κ2) is 8.54. The maximum Gasteiger partial charge on any atom is 0.261 e. The Balaban J connectivity index is 1.80. The van der Waals surface area contributed by atoms with Crippen molar-refractivity contribution in [1.82, 2.24) is 5.32 Å². The minimum atomic E-state index is -0.595. The molecule has 1 N–H and O–H groups in total. The lowest BCUT2D eigenvalue weighted by atomic mass is 9.97. The van der Waals surface area contributed by atoms with Gasteiger partial charge in [0.25, 0.3) is 5.91 Å². The second-order valence-corrected chi connectivity index (χ2v) is 6.79. The number of carbonyl (C=O) groups excluding carboxylic acids is 1. The van der Waals surface area contributed by atoms with E-state index in [-0.39, 0.29) is 11.9 Å². The van der Waals surface area contributed by atoms with Crippen LogP contribution in [0, 0.1) is 13.8 Å². The number of aryl methyl sites for hydroxylation is 2. The van der Waals surface area contributed by atoms with Gasteiger partial charge in [-0.25, -0.2) is 0 Å². The summed E-state index contributed by atoms with van der Waals surface area (Å²) < 4.78 is 5.89. The van der Waals surface area contributed by atoms with Crippen molar-refractivity contribution in [3.8, 4) is 5.75 Å². The lowest BCUT2D eigenvalue weighted by molar-refractivity contribution is -0.127. The van der Waals surface area contributed by atoms with Crippen LogP contribution < -0.4 is 10.1 Å². The Morgan fingerprint density at radius 1 is 0.815 bits per heavy atom. The highest BCUT2D eigenvalue weighted by molar-refractivity contribution is 5.81. The summed E-state index contributed by atoms with van der Waals surface area (Å²) in [6.45, 7) is 5.80. The van der Waals surface area contributed by atoms with Crippen LogP contribution in [0.1, 0.15) is 35.2 Å². The number of para-hydroxylation sites is 1. The SMILES string of the molecule is Cc1ccc([C@@H](NC(=O)[C@H](C)Oc2ccccc2C)c2ccccc2)cc1. The van der Waals surface area contributed by atoms with Gasteiger partial charge in [0.15, 0.2) is 6.10 Å². The van der Waals surface area contributed by atoms with Crippen molar-refractivity contribution in [2.24, 2.45) is 0 Å². The molecule has 0 fully saturated rings. The van der Waals surface area contributed by atoms with Gasteiger partial charge in [0.1, 0.15) is 5.75 Å². The molecule has 3 nitrogen and oxygen atoms in total. The van der Waals surface area contributed by atoms with Crippen LogP contribution in [-0.2, 0) is 4.79 Å². The van der Waals surface area contributed by atoms with Crippen molar-refractivity contribution in [1.29, 1.82) is 0 Å². The van der Waals surface area contributed by atoms with Crippen LogP contribution in [0.3, 0.4) is 0 Å². The van der Waals surface area contributed by atoms with Gasteiger partial charge in [0, 0.05) is 0 Å². The fourth-order valence-corrected chi connectivity index (χ4v) is 2.96. The summed E-state index contributed by atoms with van der Waals surface area (Å²) in [5.74, 6) is 0.583. The number of hydrogen-bond donors (Lipinski definition) is 1. The van der Waals surface area contributed by atoms with E-state index in [9.17, 15) is 4.79 Å². The molecular weight excluding hydrogens is 334 g/mol. The number of carbonyl (C=O) groups is 1. The molecule has 3 heteroatoms. The van der Waals surface area contributed by atoms with E-state index in [4.69, 9.17) is 4.74 Å². The average Bonchev–Trinajstić information content (AvgIpc) is 2.69. The number of nitrogens with one attached hydrogen (secondary N) is 1. The molecule has 3 aromatic rings. The van der Waals surface area contributed by atoms with Gasteiger partial charge in [-0.15, -0.1) is 0 Å². The fraction of sp³-hybridized carbons (Fsp3) is 0.208.